The molecule has 1 aliphatic heterocycles. The third kappa shape index (κ3) is 4.67. The lowest BCUT2D eigenvalue weighted by atomic mass is 10.1. The number of rotatable bonds is 7. The van der Waals surface area contributed by atoms with Crippen molar-refractivity contribution in [2.75, 3.05) is 12.8 Å². The van der Waals surface area contributed by atoms with Gasteiger partial charge in [-0.15, -0.1) is 0 Å². The zero-order valence-corrected chi connectivity index (χ0v) is 19.5. The molecule has 1 saturated carbocycles. The molecule has 2 aromatic heterocycles. The Morgan fingerprint density at radius 3 is 2.64 bits per heavy atom. The number of anilines is 1. The molecular formula is C23H27N7O6. The summed E-state index contributed by atoms with van der Waals surface area (Å²) >= 11 is 0. The molecule has 2 unspecified atom stereocenters. The zero-order chi connectivity index (χ0) is 25.4. The Hall–Kier alpha value is -3.81. The van der Waals surface area contributed by atoms with Gasteiger partial charge in [0.15, 0.2) is 29.6 Å². The van der Waals surface area contributed by atoms with Crippen molar-refractivity contribution in [2.45, 2.75) is 56.5 Å². The summed E-state index contributed by atoms with van der Waals surface area (Å²) in [7, 11) is 1.29. The minimum absolute atomic E-state index is 0.0178. The van der Waals surface area contributed by atoms with Crippen molar-refractivity contribution >= 4 is 29.0 Å². The Morgan fingerprint density at radius 2 is 1.94 bits per heavy atom. The average molecular weight is 498 g/mol. The van der Waals surface area contributed by atoms with Crippen molar-refractivity contribution in [3.05, 3.63) is 48.0 Å². The number of carbonyl (C=O) groups excluding carboxylic acids is 2. The van der Waals surface area contributed by atoms with Gasteiger partial charge in [0, 0.05) is 12.6 Å². The van der Waals surface area contributed by atoms with Gasteiger partial charge in [0.2, 0.25) is 0 Å². The Morgan fingerprint density at radius 1 is 1.19 bits per heavy atom. The minimum atomic E-state index is -1.44. The summed E-state index contributed by atoms with van der Waals surface area (Å²) in [4.78, 5) is 39.3. The molecule has 13 heteroatoms. The highest BCUT2D eigenvalue weighted by molar-refractivity contribution is 5.83. The lowest BCUT2D eigenvalue weighted by Crippen LogP contribution is -2.43. The van der Waals surface area contributed by atoms with Gasteiger partial charge in [-0.25, -0.2) is 19.7 Å². The van der Waals surface area contributed by atoms with Crippen molar-refractivity contribution in [3.8, 4) is 0 Å². The highest BCUT2D eigenvalue weighted by atomic mass is 16.6. The molecule has 36 heavy (non-hydrogen) atoms. The molecule has 2 fully saturated rings. The van der Waals surface area contributed by atoms with Crippen LogP contribution in [0.3, 0.4) is 0 Å². The number of benzene rings is 1. The van der Waals surface area contributed by atoms with E-state index in [1.54, 1.807) is 0 Å². The number of ether oxygens (including phenoxy) is 2. The summed E-state index contributed by atoms with van der Waals surface area (Å²) < 4.78 is 12.1. The van der Waals surface area contributed by atoms with Crippen LogP contribution in [0, 0.1) is 0 Å². The SMILES string of the molecule is COC(=O)N(Cc1ccccc1)Cc1nc(N)c2ncn([C@@H]3O[C@H](C(=O)NC4CC4)C(O)C3O)c2n1. The van der Waals surface area contributed by atoms with Gasteiger partial charge in [-0.2, -0.15) is 0 Å². The van der Waals surface area contributed by atoms with E-state index in [9.17, 15) is 19.8 Å². The molecule has 0 spiro atoms. The number of nitrogen functional groups attached to an aromatic ring is 1. The Bertz CT molecular complexity index is 1260. The number of hydrogen-bond acceptors (Lipinski definition) is 10. The van der Waals surface area contributed by atoms with Gasteiger partial charge in [0.1, 0.15) is 17.7 Å². The van der Waals surface area contributed by atoms with E-state index in [2.05, 4.69) is 20.3 Å². The topological polar surface area (TPSA) is 178 Å². The fraction of sp³-hybridized carbons (Fsp3) is 0.435. The molecule has 1 aromatic carbocycles. The highest BCUT2D eigenvalue weighted by Gasteiger charge is 2.48. The second kappa shape index (κ2) is 9.68. The number of nitrogens with two attached hydrogens (primary N) is 1. The second-order valence-electron chi connectivity index (χ2n) is 8.87. The van der Waals surface area contributed by atoms with Crippen LogP contribution in [0.25, 0.3) is 11.2 Å². The first-order valence-corrected chi connectivity index (χ1v) is 11.5. The van der Waals surface area contributed by atoms with Gasteiger partial charge in [-0.3, -0.25) is 14.3 Å². The van der Waals surface area contributed by atoms with Gasteiger partial charge in [0.25, 0.3) is 5.91 Å². The quantitative estimate of drug-likeness (QED) is 0.349. The maximum atomic E-state index is 12.5. The van der Waals surface area contributed by atoms with Gasteiger partial charge in [0.05, 0.1) is 20.0 Å². The molecule has 13 nitrogen and oxygen atoms in total. The van der Waals surface area contributed by atoms with Crippen LogP contribution in [0.5, 0.6) is 0 Å². The van der Waals surface area contributed by atoms with E-state index in [1.165, 1.54) is 22.9 Å². The molecule has 190 valence electrons. The molecule has 3 heterocycles. The van der Waals surface area contributed by atoms with E-state index >= 15 is 0 Å². The van der Waals surface area contributed by atoms with Crippen LogP contribution >= 0.6 is 0 Å². The van der Waals surface area contributed by atoms with Crippen molar-refractivity contribution in [2.24, 2.45) is 0 Å². The van der Waals surface area contributed by atoms with Gasteiger partial charge < -0.3 is 30.7 Å². The number of fused-ring (bicyclic) bond motifs is 1. The molecule has 0 bridgehead atoms. The van der Waals surface area contributed by atoms with Crippen LogP contribution in [0.15, 0.2) is 36.7 Å². The van der Waals surface area contributed by atoms with Crippen LogP contribution in [-0.2, 0) is 27.4 Å². The molecule has 5 N–H and O–H groups in total. The van der Waals surface area contributed by atoms with Crippen LogP contribution in [0.2, 0.25) is 0 Å². The first kappa shape index (κ1) is 23.9. The Labute approximate surface area is 205 Å². The fourth-order valence-corrected chi connectivity index (χ4v) is 4.15. The summed E-state index contributed by atoms with van der Waals surface area (Å²) in [6.07, 6.45) is -2.71. The number of methoxy groups -OCH3 is 1. The number of nitrogens with zero attached hydrogens (tertiary/aromatic N) is 5. The fourth-order valence-electron chi connectivity index (χ4n) is 4.15. The number of amides is 2. The van der Waals surface area contributed by atoms with Crippen molar-refractivity contribution < 1.29 is 29.3 Å². The van der Waals surface area contributed by atoms with Crippen LogP contribution in [0.4, 0.5) is 10.6 Å². The van der Waals surface area contributed by atoms with Crippen molar-refractivity contribution in [1.82, 2.24) is 29.7 Å². The molecule has 4 atom stereocenters. The Kier molecular flexibility index (Phi) is 6.43. The predicted octanol–water partition coefficient (Wildman–Crippen LogP) is 0.0749. The summed E-state index contributed by atoms with van der Waals surface area (Å²) in [6, 6.07) is 9.43. The molecule has 0 radical (unpaired) electrons. The van der Waals surface area contributed by atoms with Crippen LogP contribution < -0.4 is 11.1 Å². The van der Waals surface area contributed by atoms with Gasteiger partial charge in [-0.05, 0) is 18.4 Å². The van der Waals surface area contributed by atoms with E-state index < -0.39 is 36.5 Å². The molecule has 3 aromatic rings. The third-order valence-corrected chi connectivity index (χ3v) is 6.17. The number of imidazole rings is 1. The third-order valence-electron chi connectivity index (χ3n) is 6.17. The van der Waals surface area contributed by atoms with Crippen LogP contribution in [0.1, 0.15) is 30.5 Å². The number of aliphatic hydroxyl groups excluding tert-OH is 2. The Balaban J connectivity index is 1.42. The largest absolute Gasteiger partial charge is 0.453 e. The number of aliphatic hydroxyl groups is 2. The van der Waals surface area contributed by atoms with E-state index in [4.69, 9.17) is 15.2 Å². The lowest BCUT2D eigenvalue weighted by molar-refractivity contribution is -0.137. The summed E-state index contributed by atoms with van der Waals surface area (Å²) in [5, 5.41) is 23.9. The minimum Gasteiger partial charge on any atom is -0.453 e. The summed E-state index contributed by atoms with van der Waals surface area (Å²) in [5.41, 5.74) is 7.49. The molecule has 5 rings (SSSR count). The van der Waals surface area contributed by atoms with Gasteiger partial charge in [-0.1, -0.05) is 30.3 Å². The van der Waals surface area contributed by atoms with Crippen molar-refractivity contribution in [1.29, 1.82) is 0 Å². The normalized spacial score (nSPS) is 23.5. The smallest absolute Gasteiger partial charge is 0.410 e. The van der Waals surface area contributed by atoms with Gasteiger partial charge >= 0.3 is 6.09 Å². The van der Waals surface area contributed by atoms with E-state index in [0.29, 0.717) is 0 Å². The molecule has 1 aliphatic carbocycles. The number of aromatic nitrogens is 4. The predicted molar refractivity (Wildman–Crippen MR) is 125 cm³/mol. The average Bonchev–Trinajstić information content (AvgIpc) is 3.51. The monoisotopic (exact) mass is 497 g/mol. The second-order valence-corrected chi connectivity index (χ2v) is 8.87. The number of nitrogens with one attached hydrogen (secondary N) is 1. The maximum absolute atomic E-state index is 12.5. The zero-order valence-electron chi connectivity index (χ0n) is 19.5. The first-order chi connectivity index (χ1) is 17.4. The number of carbonyl (C=O) groups is 2. The van der Waals surface area contributed by atoms with E-state index in [1.807, 2.05) is 30.3 Å². The molecule has 2 aliphatic rings. The summed E-state index contributed by atoms with van der Waals surface area (Å²) in [6.45, 7) is 0.235. The summed E-state index contributed by atoms with van der Waals surface area (Å²) in [5.74, 6) is -0.214. The lowest BCUT2D eigenvalue weighted by Gasteiger charge is -2.21. The van der Waals surface area contributed by atoms with E-state index in [0.717, 1.165) is 18.4 Å². The van der Waals surface area contributed by atoms with Crippen molar-refractivity contribution in [3.63, 3.8) is 0 Å². The maximum Gasteiger partial charge on any atom is 0.410 e. The molecule has 1 saturated heterocycles. The standard InChI is InChI=1S/C23H27N7O6/c1-35-23(34)29(9-12-5-3-2-4-6-12)10-14-27-19(24)15-20(28-14)30(11-25-15)22-17(32)16(31)18(36-22)21(33)26-13-7-8-13/h2-6,11,13,16-18,22,31-32H,7-10H2,1H3,(H,26,33)(H2,24,27,28)/t16?,17?,18-,22+/m0/s1. The highest BCUT2D eigenvalue weighted by Crippen LogP contribution is 2.33. The van der Waals surface area contributed by atoms with Crippen LogP contribution in [-0.4, -0.2) is 78.1 Å². The first-order valence-electron chi connectivity index (χ1n) is 11.5. The number of hydrogen-bond donors (Lipinski definition) is 4. The van der Waals surface area contributed by atoms with E-state index in [-0.39, 0.29) is 41.9 Å². The molecule has 2 amide bonds. The molecular weight excluding hydrogens is 470 g/mol.